The Morgan fingerprint density at radius 1 is 1.00 bits per heavy atom. The van der Waals surface area contributed by atoms with Gasteiger partial charge in [0.25, 0.3) is 0 Å². The summed E-state index contributed by atoms with van der Waals surface area (Å²) in [6.45, 7) is 9.31. The van der Waals surface area contributed by atoms with Crippen LogP contribution in [0.4, 0.5) is 8.78 Å². The SMILES string of the molecule is C/C=C/C1CCC(CO/C(C)=C(F)/C(F)=C(\C)OC)CC1.CC. The Morgan fingerprint density at radius 2 is 1.52 bits per heavy atom. The van der Waals surface area contributed by atoms with E-state index in [0.717, 1.165) is 25.7 Å². The Kier molecular flexibility index (Phi) is 11.4. The molecule has 23 heavy (non-hydrogen) atoms. The molecule has 0 atom stereocenters. The van der Waals surface area contributed by atoms with Crippen molar-refractivity contribution >= 4 is 0 Å². The number of hydrogen-bond donors (Lipinski definition) is 0. The molecule has 0 radical (unpaired) electrons. The first kappa shape index (κ1) is 21.7. The van der Waals surface area contributed by atoms with E-state index in [-0.39, 0.29) is 11.5 Å². The molecule has 0 amide bonds. The van der Waals surface area contributed by atoms with Gasteiger partial charge in [-0.1, -0.05) is 26.0 Å². The zero-order valence-corrected chi connectivity index (χ0v) is 15.4. The Labute approximate surface area is 140 Å². The van der Waals surface area contributed by atoms with E-state index in [0.29, 0.717) is 18.4 Å². The fraction of sp³-hybridized carbons (Fsp3) is 0.684. The Bertz CT molecular complexity index is 417. The first-order valence-electron chi connectivity index (χ1n) is 8.52. The molecule has 0 bridgehead atoms. The minimum atomic E-state index is -0.994. The largest absolute Gasteiger partial charge is 0.498 e. The maximum atomic E-state index is 13.8. The van der Waals surface area contributed by atoms with Crippen molar-refractivity contribution in [2.45, 2.75) is 60.3 Å². The first-order valence-corrected chi connectivity index (χ1v) is 8.52. The molecule has 0 heterocycles. The predicted octanol–water partition coefficient (Wildman–Crippen LogP) is 6.46. The summed E-state index contributed by atoms with van der Waals surface area (Å²) in [5.41, 5.74) is 0. The Morgan fingerprint density at radius 3 is 2.00 bits per heavy atom. The van der Waals surface area contributed by atoms with Crippen molar-refractivity contribution in [1.29, 1.82) is 0 Å². The van der Waals surface area contributed by atoms with E-state index in [1.165, 1.54) is 21.0 Å². The monoisotopic (exact) mass is 330 g/mol. The van der Waals surface area contributed by atoms with Crippen molar-refractivity contribution in [3.63, 3.8) is 0 Å². The highest BCUT2D eigenvalue weighted by atomic mass is 19.2. The molecule has 1 aliphatic carbocycles. The van der Waals surface area contributed by atoms with Crippen LogP contribution in [0.5, 0.6) is 0 Å². The highest BCUT2D eigenvalue weighted by molar-refractivity contribution is 5.23. The van der Waals surface area contributed by atoms with Gasteiger partial charge in [-0.05, 0) is 58.3 Å². The van der Waals surface area contributed by atoms with Crippen LogP contribution in [0.15, 0.2) is 35.3 Å². The van der Waals surface area contributed by atoms with E-state index in [4.69, 9.17) is 4.74 Å². The lowest BCUT2D eigenvalue weighted by molar-refractivity contribution is 0.129. The minimum Gasteiger partial charge on any atom is -0.498 e. The van der Waals surface area contributed by atoms with Crippen LogP contribution in [0.25, 0.3) is 0 Å². The fourth-order valence-electron chi connectivity index (χ4n) is 2.52. The molecule has 0 aromatic carbocycles. The third kappa shape index (κ3) is 7.67. The Balaban J connectivity index is 0.00000232. The van der Waals surface area contributed by atoms with Crippen molar-refractivity contribution in [2.75, 3.05) is 13.7 Å². The van der Waals surface area contributed by atoms with Crippen molar-refractivity contribution in [3.8, 4) is 0 Å². The number of allylic oxidation sites excluding steroid dienone is 6. The third-order valence-corrected chi connectivity index (χ3v) is 4.01. The van der Waals surface area contributed by atoms with E-state index >= 15 is 0 Å². The van der Waals surface area contributed by atoms with Gasteiger partial charge in [-0.25, -0.2) is 0 Å². The van der Waals surface area contributed by atoms with Crippen LogP contribution in [0.3, 0.4) is 0 Å². The van der Waals surface area contributed by atoms with Gasteiger partial charge in [0.05, 0.1) is 13.7 Å². The van der Waals surface area contributed by atoms with Crippen LogP contribution in [0.1, 0.15) is 60.3 Å². The summed E-state index contributed by atoms with van der Waals surface area (Å²) in [6, 6.07) is 0. The molecule has 4 heteroatoms. The van der Waals surface area contributed by atoms with Gasteiger partial charge in [0.15, 0.2) is 11.7 Å². The molecule has 1 saturated carbocycles. The second-order valence-corrected chi connectivity index (χ2v) is 5.56. The molecule has 0 spiro atoms. The zero-order valence-electron chi connectivity index (χ0n) is 15.4. The van der Waals surface area contributed by atoms with Crippen molar-refractivity contribution in [3.05, 3.63) is 35.3 Å². The number of rotatable bonds is 6. The summed E-state index contributed by atoms with van der Waals surface area (Å²) < 4.78 is 37.4. The predicted molar refractivity (Wildman–Crippen MR) is 92.2 cm³/mol. The van der Waals surface area contributed by atoms with E-state index in [1.807, 2.05) is 20.8 Å². The minimum absolute atomic E-state index is 0.0144. The van der Waals surface area contributed by atoms with Crippen LogP contribution in [-0.2, 0) is 9.47 Å². The van der Waals surface area contributed by atoms with Crippen LogP contribution in [-0.4, -0.2) is 13.7 Å². The average molecular weight is 330 g/mol. The van der Waals surface area contributed by atoms with E-state index in [1.54, 1.807) is 0 Å². The summed E-state index contributed by atoms with van der Waals surface area (Å²) in [5.74, 6) is -0.986. The lowest BCUT2D eigenvalue weighted by Crippen LogP contribution is -2.17. The molecule has 1 aliphatic rings. The first-order chi connectivity index (χ1) is 11.0. The van der Waals surface area contributed by atoms with Crippen molar-refractivity contribution < 1.29 is 18.3 Å². The van der Waals surface area contributed by atoms with Crippen molar-refractivity contribution in [1.82, 2.24) is 0 Å². The van der Waals surface area contributed by atoms with Gasteiger partial charge in [-0.2, -0.15) is 8.78 Å². The lowest BCUT2D eigenvalue weighted by atomic mass is 9.82. The highest BCUT2D eigenvalue weighted by Gasteiger charge is 2.21. The number of ether oxygens (including phenoxy) is 2. The number of halogens is 2. The zero-order chi connectivity index (χ0) is 17.8. The molecule has 1 rings (SSSR count). The summed E-state index contributed by atoms with van der Waals surface area (Å²) in [7, 11) is 1.31. The molecule has 0 aromatic heterocycles. The van der Waals surface area contributed by atoms with E-state index in [2.05, 4.69) is 16.9 Å². The molecule has 0 aromatic rings. The summed E-state index contributed by atoms with van der Waals surface area (Å²) >= 11 is 0. The molecule has 2 nitrogen and oxygen atoms in total. The normalized spacial score (nSPS) is 23.5. The van der Waals surface area contributed by atoms with Gasteiger partial charge in [-0.15, -0.1) is 0 Å². The molecular formula is C19H32F2O2. The molecule has 0 unspecified atom stereocenters. The van der Waals surface area contributed by atoms with E-state index < -0.39 is 11.7 Å². The van der Waals surface area contributed by atoms with Gasteiger partial charge < -0.3 is 9.47 Å². The number of hydrogen-bond acceptors (Lipinski definition) is 2. The maximum Gasteiger partial charge on any atom is 0.199 e. The quantitative estimate of drug-likeness (QED) is 0.316. The lowest BCUT2D eigenvalue weighted by Gasteiger charge is -2.26. The summed E-state index contributed by atoms with van der Waals surface area (Å²) in [5, 5.41) is 0. The standard InChI is InChI=1S/C17H26F2O2.C2H6/c1-5-6-14-7-9-15(10-8-14)11-21-13(3)17(19)16(18)12(2)20-4;1-2/h5-6,14-15H,7-11H2,1-4H3;1-2H3/b6-5+,16-12-,17-13-;. The molecule has 1 fully saturated rings. The number of methoxy groups -OCH3 is 1. The second-order valence-electron chi connectivity index (χ2n) is 5.56. The summed E-state index contributed by atoms with van der Waals surface area (Å²) in [6.07, 6.45) is 8.76. The van der Waals surface area contributed by atoms with Gasteiger partial charge in [0, 0.05) is 0 Å². The topological polar surface area (TPSA) is 18.5 Å². The molecular weight excluding hydrogens is 298 g/mol. The second kappa shape index (κ2) is 12.1. The van der Waals surface area contributed by atoms with Gasteiger partial charge >= 0.3 is 0 Å². The van der Waals surface area contributed by atoms with Crippen LogP contribution in [0, 0.1) is 11.8 Å². The molecule has 0 N–H and O–H groups in total. The van der Waals surface area contributed by atoms with Gasteiger partial charge in [-0.3, -0.25) is 0 Å². The van der Waals surface area contributed by atoms with Crippen molar-refractivity contribution in [2.24, 2.45) is 11.8 Å². The average Bonchev–Trinajstić information content (AvgIpc) is 2.60. The maximum absolute atomic E-state index is 13.8. The third-order valence-electron chi connectivity index (χ3n) is 4.01. The van der Waals surface area contributed by atoms with Crippen LogP contribution in [0.2, 0.25) is 0 Å². The van der Waals surface area contributed by atoms with Crippen LogP contribution >= 0.6 is 0 Å². The van der Waals surface area contributed by atoms with Gasteiger partial charge in [0.2, 0.25) is 0 Å². The summed E-state index contributed by atoms with van der Waals surface area (Å²) in [4.78, 5) is 0. The van der Waals surface area contributed by atoms with Crippen LogP contribution < -0.4 is 0 Å². The smallest absolute Gasteiger partial charge is 0.199 e. The fourth-order valence-corrected chi connectivity index (χ4v) is 2.52. The highest BCUT2D eigenvalue weighted by Crippen LogP contribution is 2.31. The molecule has 0 saturated heterocycles. The Hall–Kier alpha value is -1.32. The van der Waals surface area contributed by atoms with E-state index in [9.17, 15) is 8.78 Å². The molecule has 134 valence electrons. The van der Waals surface area contributed by atoms with Gasteiger partial charge in [0.1, 0.15) is 11.5 Å². The molecule has 0 aliphatic heterocycles.